The molecule has 0 saturated carbocycles. The maximum absolute atomic E-state index is 2.95. The molecule has 0 saturated heterocycles. The Morgan fingerprint density at radius 2 is 0.766 bits per heavy atom. The van der Waals surface area contributed by atoms with E-state index in [4.69, 9.17) is 0 Å². The summed E-state index contributed by atoms with van der Waals surface area (Å²) in [6.07, 6.45) is 0. The third kappa shape index (κ3) is 5.53. The normalized spacial score (nSPS) is 14.6. The van der Waals surface area contributed by atoms with Gasteiger partial charge in [0.25, 0.3) is 0 Å². The van der Waals surface area contributed by atoms with E-state index in [1.165, 1.54) is 102 Å². The zero-order valence-electron chi connectivity index (χ0n) is 34.9. The summed E-state index contributed by atoms with van der Waals surface area (Å²) in [5, 5.41) is 10.7. The predicted octanol–water partition coefficient (Wildman–Crippen LogP) is 13.1. The number of para-hydroxylation sites is 4. The van der Waals surface area contributed by atoms with E-state index in [2.05, 4.69) is 252 Å². The highest BCUT2D eigenvalue weighted by molar-refractivity contribution is 8.00. The Bertz CT molecular complexity index is 3650. The Labute approximate surface area is 377 Å². The molecule has 300 valence electrons. The summed E-state index contributed by atoms with van der Waals surface area (Å²) in [6, 6.07) is 90.5. The standard InChI is InChI=1S/C60H40N2SSi/c1-2-16-41(17-3-1)42-32-36-46(37-33-42)64(47-38-34-44(35-39-47)61-53-25-8-4-20-49(53)50-21-5-9-26-54(50)61)58-30-13-12-29-57(58)63-60-48(24-15-31-59(60)64)43-18-14-19-45(40-43)62-55-27-10-6-22-51(55)52-23-7-11-28-56(52)62/h1-40H. The maximum Gasteiger partial charge on any atom is 0.181 e. The molecule has 1 unspecified atom stereocenters. The Morgan fingerprint density at radius 1 is 0.312 bits per heavy atom. The van der Waals surface area contributed by atoms with Gasteiger partial charge in [0, 0.05) is 42.7 Å². The molecule has 0 radical (unpaired) electrons. The molecule has 4 heteroatoms. The van der Waals surface area contributed by atoms with Crippen molar-refractivity contribution >= 4 is 84.2 Å². The summed E-state index contributed by atoms with van der Waals surface area (Å²) in [6.45, 7) is 0. The Balaban J connectivity index is 1.04. The van der Waals surface area contributed by atoms with E-state index < -0.39 is 8.07 Å². The van der Waals surface area contributed by atoms with E-state index >= 15 is 0 Å². The topological polar surface area (TPSA) is 9.86 Å². The monoisotopic (exact) mass is 848 g/mol. The van der Waals surface area contributed by atoms with E-state index in [0.717, 1.165) is 5.69 Å². The van der Waals surface area contributed by atoms with Crippen molar-refractivity contribution in [2.45, 2.75) is 9.79 Å². The van der Waals surface area contributed by atoms with Crippen LogP contribution in [0, 0.1) is 0 Å². The highest BCUT2D eigenvalue weighted by Gasteiger charge is 2.47. The first-order chi connectivity index (χ1) is 31.8. The summed E-state index contributed by atoms with van der Waals surface area (Å²) in [7, 11) is -2.95. The summed E-state index contributed by atoms with van der Waals surface area (Å²) >= 11 is 1.93. The van der Waals surface area contributed by atoms with Crippen molar-refractivity contribution in [1.82, 2.24) is 9.13 Å². The van der Waals surface area contributed by atoms with Gasteiger partial charge in [0.05, 0.1) is 22.1 Å². The van der Waals surface area contributed by atoms with Crippen LogP contribution >= 0.6 is 11.8 Å². The molecule has 2 nitrogen and oxygen atoms in total. The highest BCUT2D eigenvalue weighted by atomic mass is 32.2. The molecule has 13 rings (SSSR count). The third-order valence-electron chi connectivity index (χ3n) is 13.5. The SMILES string of the molecule is c1ccc(-c2ccc([Si]3(c4ccc(-n5c6ccccc6c6ccccc65)cc4)c4ccccc4Sc4c(-c5cccc(-n6c7ccccc7c7ccccc76)c5)cccc43)cc2)cc1. The van der Waals surface area contributed by atoms with E-state index in [-0.39, 0.29) is 0 Å². The average Bonchev–Trinajstić information content (AvgIpc) is 3.89. The van der Waals surface area contributed by atoms with Gasteiger partial charge in [-0.2, -0.15) is 0 Å². The van der Waals surface area contributed by atoms with Crippen molar-refractivity contribution in [1.29, 1.82) is 0 Å². The molecule has 0 fully saturated rings. The van der Waals surface area contributed by atoms with Crippen LogP contribution in [0.3, 0.4) is 0 Å². The summed E-state index contributed by atoms with van der Waals surface area (Å²) in [4.78, 5) is 2.66. The van der Waals surface area contributed by atoms with Crippen LogP contribution in [0.15, 0.2) is 252 Å². The predicted molar refractivity (Wildman–Crippen MR) is 274 cm³/mol. The maximum atomic E-state index is 2.45. The van der Waals surface area contributed by atoms with Gasteiger partial charge in [-0.3, -0.25) is 0 Å². The number of rotatable bonds is 6. The van der Waals surface area contributed by atoms with Gasteiger partial charge in [0.1, 0.15) is 0 Å². The van der Waals surface area contributed by atoms with E-state index in [9.17, 15) is 0 Å². The van der Waals surface area contributed by atoms with Crippen LogP contribution in [0.25, 0.3) is 77.2 Å². The Hall–Kier alpha value is -7.63. The lowest BCUT2D eigenvalue weighted by Gasteiger charge is -2.40. The second-order valence-corrected chi connectivity index (χ2v) is 21.6. The molecule has 0 amide bonds. The first-order valence-electron chi connectivity index (χ1n) is 22.0. The van der Waals surface area contributed by atoms with Crippen molar-refractivity contribution in [3.8, 4) is 33.6 Å². The van der Waals surface area contributed by atoms with Crippen molar-refractivity contribution in [3.05, 3.63) is 243 Å². The molecule has 12 aromatic rings. The molecular weight excluding hydrogens is 809 g/mol. The molecule has 10 aromatic carbocycles. The third-order valence-corrected chi connectivity index (χ3v) is 19.9. The molecular formula is C60H40N2SSi. The first kappa shape index (κ1) is 37.0. The summed E-state index contributed by atoms with van der Waals surface area (Å²) < 4.78 is 4.86. The molecule has 0 aliphatic carbocycles. The molecule has 1 aliphatic rings. The number of aromatic nitrogens is 2. The number of nitrogens with zero attached hydrogens (tertiary/aromatic N) is 2. The quantitative estimate of drug-likeness (QED) is 0.152. The van der Waals surface area contributed by atoms with E-state index in [0.29, 0.717) is 0 Å². The van der Waals surface area contributed by atoms with Crippen LogP contribution in [-0.4, -0.2) is 17.2 Å². The van der Waals surface area contributed by atoms with Gasteiger partial charge >= 0.3 is 0 Å². The minimum atomic E-state index is -2.95. The molecule has 0 spiro atoms. The van der Waals surface area contributed by atoms with Crippen LogP contribution in [0.4, 0.5) is 0 Å². The molecule has 1 atom stereocenters. The van der Waals surface area contributed by atoms with Gasteiger partial charge in [-0.25, -0.2) is 0 Å². The molecule has 0 bridgehead atoms. The lowest BCUT2D eigenvalue weighted by molar-refractivity contribution is 1.18. The molecule has 1 aliphatic heterocycles. The summed E-state index contributed by atoms with van der Waals surface area (Å²) in [5.41, 5.74) is 12.1. The zero-order chi connectivity index (χ0) is 42.2. The van der Waals surface area contributed by atoms with E-state index in [1.807, 2.05) is 11.8 Å². The van der Waals surface area contributed by atoms with Crippen LogP contribution in [0.5, 0.6) is 0 Å². The fourth-order valence-corrected chi connectivity index (χ4v) is 17.8. The van der Waals surface area contributed by atoms with Gasteiger partial charge in [0.2, 0.25) is 0 Å². The lowest BCUT2D eigenvalue weighted by Crippen LogP contribution is -2.76. The number of benzene rings is 10. The largest absolute Gasteiger partial charge is 0.309 e. The number of fused-ring (bicyclic) bond motifs is 8. The highest BCUT2D eigenvalue weighted by Crippen LogP contribution is 2.41. The molecule has 64 heavy (non-hydrogen) atoms. The van der Waals surface area contributed by atoms with Gasteiger partial charge in [-0.15, -0.1) is 0 Å². The van der Waals surface area contributed by atoms with Crippen molar-refractivity contribution < 1.29 is 0 Å². The molecule has 3 heterocycles. The molecule has 0 N–H and O–H groups in total. The van der Waals surface area contributed by atoms with Crippen molar-refractivity contribution in [2.75, 3.05) is 0 Å². The Kier molecular flexibility index (Phi) is 8.51. The second kappa shape index (κ2) is 14.7. The first-order valence-corrected chi connectivity index (χ1v) is 24.8. The van der Waals surface area contributed by atoms with Crippen LogP contribution in [-0.2, 0) is 0 Å². The second-order valence-electron chi connectivity index (χ2n) is 16.8. The van der Waals surface area contributed by atoms with Crippen LogP contribution < -0.4 is 20.7 Å². The van der Waals surface area contributed by atoms with E-state index in [1.54, 1.807) is 0 Å². The summed E-state index contributed by atoms with van der Waals surface area (Å²) in [5.74, 6) is 0. The Morgan fingerprint density at radius 3 is 1.38 bits per heavy atom. The van der Waals surface area contributed by atoms with Crippen molar-refractivity contribution in [2.24, 2.45) is 0 Å². The average molecular weight is 849 g/mol. The van der Waals surface area contributed by atoms with Gasteiger partial charge in [-0.05, 0) is 97.6 Å². The zero-order valence-corrected chi connectivity index (χ0v) is 36.7. The molecule has 2 aromatic heterocycles. The fourth-order valence-electron chi connectivity index (χ4n) is 10.7. The smallest absolute Gasteiger partial charge is 0.181 e. The minimum Gasteiger partial charge on any atom is -0.309 e. The number of hydrogen-bond acceptors (Lipinski definition) is 1. The van der Waals surface area contributed by atoms with Crippen molar-refractivity contribution in [3.63, 3.8) is 0 Å². The van der Waals surface area contributed by atoms with Crippen LogP contribution in [0.2, 0.25) is 0 Å². The van der Waals surface area contributed by atoms with Gasteiger partial charge < -0.3 is 9.13 Å². The number of hydrogen-bond donors (Lipinski definition) is 0. The van der Waals surface area contributed by atoms with Gasteiger partial charge in [0.15, 0.2) is 8.07 Å². The van der Waals surface area contributed by atoms with Gasteiger partial charge in [-0.1, -0.05) is 200 Å². The minimum absolute atomic E-state index is 1.16. The van der Waals surface area contributed by atoms with Crippen LogP contribution in [0.1, 0.15) is 0 Å². The lowest BCUT2D eigenvalue weighted by atomic mass is 10.0. The fraction of sp³-hybridized carbons (Fsp3) is 0.